The summed E-state index contributed by atoms with van der Waals surface area (Å²) in [4.78, 5) is 17.3. The van der Waals surface area contributed by atoms with Gasteiger partial charge in [0.1, 0.15) is 5.75 Å². The molecule has 2 aromatic carbocycles. The quantitative estimate of drug-likeness (QED) is 0.633. The van der Waals surface area contributed by atoms with Crippen molar-refractivity contribution in [3.8, 4) is 5.75 Å². The fourth-order valence-corrected chi connectivity index (χ4v) is 3.76. The number of carbonyl (C=O) groups excluding carboxylic acids is 1. The van der Waals surface area contributed by atoms with E-state index in [1.807, 2.05) is 55.0 Å². The van der Waals surface area contributed by atoms with Crippen LogP contribution in [0.2, 0.25) is 0 Å². The van der Waals surface area contributed by atoms with Crippen LogP contribution in [0, 0.1) is 0 Å². The molecule has 4 heteroatoms. The molecule has 0 amide bonds. The van der Waals surface area contributed by atoms with Crippen LogP contribution in [-0.2, 0) is 0 Å². The Morgan fingerprint density at radius 1 is 1.12 bits per heavy atom. The molecule has 1 atom stereocenters. The van der Waals surface area contributed by atoms with E-state index < -0.39 is 0 Å². The highest BCUT2D eigenvalue weighted by Crippen LogP contribution is 2.44. The van der Waals surface area contributed by atoms with Gasteiger partial charge in [-0.25, -0.2) is 4.98 Å². The number of hydrogen-bond donors (Lipinski definition) is 0. The molecule has 0 aliphatic carbocycles. The molecule has 4 nitrogen and oxygen atoms in total. The summed E-state index contributed by atoms with van der Waals surface area (Å²) in [5, 5.41) is 0. The molecular formula is C22H20N2O2. The number of hydrogen-bond acceptors (Lipinski definition) is 3. The molecule has 0 fully saturated rings. The van der Waals surface area contributed by atoms with Gasteiger partial charge in [-0.1, -0.05) is 42.5 Å². The number of para-hydroxylation sites is 1. The van der Waals surface area contributed by atoms with Gasteiger partial charge in [-0.05, 0) is 35.8 Å². The van der Waals surface area contributed by atoms with Crippen molar-refractivity contribution in [3.05, 3.63) is 83.9 Å². The minimum Gasteiger partial charge on any atom is -0.496 e. The van der Waals surface area contributed by atoms with E-state index in [1.165, 1.54) is 11.1 Å². The molecule has 0 bridgehead atoms. The van der Waals surface area contributed by atoms with Crippen molar-refractivity contribution in [1.29, 1.82) is 0 Å². The lowest BCUT2D eigenvalue weighted by atomic mass is 9.91. The van der Waals surface area contributed by atoms with E-state index in [-0.39, 0.29) is 11.8 Å². The number of methoxy groups -OCH3 is 1. The molecule has 2 heterocycles. The van der Waals surface area contributed by atoms with E-state index in [2.05, 4.69) is 28.6 Å². The lowest BCUT2D eigenvalue weighted by Gasteiger charge is -2.18. The third-order valence-electron chi connectivity index (χ3n) is 4.99. The minimum absolute atomic E-state index is 0.0627. The van der Waals surface area contributed by atoms with Crippen LogP contribution in [0.4, 0.5) is 0 Å². The fourth-order valence-electron chi connectivity index (χ4n) is 3.76. The average Bonchev–Trinajstić information content (AvgIpc) is 3.26. The van der Waals surface area contributed by atoms with E-state index in [0.29, 0.717) is 17.7 Å². The normalized spacial score (nSPS) is 15.8. The minimum atomic E-state index is -0.0627. The highest BCUT2D eigenvalue weighted by atomic mass is 16.5. The van der Waals surface area contributed by atoms with Crippen LogP contribution in [0.5, 0.6) is 5.75 Å². The number of aromatic nitrogens is 2. The molecule has 0 radical (unpaired) electrons. The van der Waals surface area contributed by atoms with Crippen LogP contribution in [-0.4, -0.2) is 22.4 Å². The maximum atomic E-state index is 13.1. The second-order valence-electron chi connectivity index (χ2n) is 6.43. The van der Waals surface area contributed by atoms with Crippen LogP contribution in [0.3, 0.4) is 0 Å². The SMILES string of the molecule is COc1ccccc1C(=O)CC1C(c2ccccc2)=C(C)c2cncn21. The number of nitrogens with zero attached hydrogens (tertiary/aromatic N) is 2. The zero-order valence-electron chi connectivity index (χ0n) is 14.8. The topological polar surface area (TPSA) is 44.1 Å². The van der Waals surface area contributed by atoms with Crippen molar-refractivity contribution >= 4 is 16.9 Å². The lowest BCUT2D eigenvalue weighted by Crippen LogP contribution is -2.13. The summed E-state index contributed by atoms with van der Waals surface area (Å²) in [6.45, 7) is 2.10. The number of fused-ring (bicyclic) bond motifs is 1. The summed E-state index contributed by atoms with van der Waals surface area (Å²) in [7, 11) is 1.59. The fraction of sp³-hybridized carbons (Fsp3) is 0.182. The first-order valence-electron chi connectivity index (χ1n) is 8.65. The van der Waals surface area contributed by atoms with Gasteiger partial charge in [0.05, 0.1) is 36.9 Å². The molecule has 1 aliphatic rings. The third-order valence-corrected chi connectivity index (χ3v) is 4.99. The van der Waals surface area contributed by atoms with Gasteiger partial charge < -0.3 is 9.30 Å². The highest BCUT2D eigenvalue weighted by molar-refractivity contribution is 6.02. The van der Waals surface area contributed by atoms with Crippen molar-refractivity contribution in [1.82, 2.24) is 9.55 Å². The van der Waals surface area contributed by atoms with Crippen molar-refractivity contribution in [2.45, 2.75) is 19.4 Å². The van der Waals surface area contributed by atoms with E-state index in [9.17, 15) is 4.79 Å². The van der Waals surface area contributed by atoms with Gasteiger partial charge in [-0.15, -0.1) is 0 Å². The third kappa shape index (κ3) is 2.64. The van der Waals surface area contributed by atoms with Crippen molar-refractivity contribution in [3.63, 3.8) is 0 Å². The van der Waals surface area contributed by atoms with E-state index in [1.54, 1.807) is 7.11 Å². The highest BCUT2D eigenvalue weighted by Gasteiger charge is 2.32. The van der Waals surface area contributed by atoms with Gasteiger partial charge >= 0.3 is 0 Å². The number of Topliss-reactive ketones (excluding diaryl/α,β-unsaturated/α-hetero) is 1. The molecule has 1 aromatic heterocycles. The molecule has 130 valence electrons. The Morgan fingerprint density at radius 2 is 1.85 bits per heavy atom. The Balaban J connectivity index is 1.74. The van der Waals surface area contributed by atoms with Gasteiger partial charge in [0, 0.05) is 6.42 Å². The smallest absolute Gasteiger partial charge is 0.169 e. The summed E-state index contributed by atoms with van der Waals surface area (Å²) in [5.41, 5.74) is 5.19. The van der Waals surface area contributed by atoms with Gasteiger partial charge in [0.25, 0.3) is 0 Å². The Bertz CT molecular complexity index is 986. The first-order chi connectivity index (χ1) is 12.7. The number of benzene rings is 2. The van der Waals surface area contributed by atoms with Gasteiger partial charge in [-0.2, -0.15) is 0 Å². The first kappa shape index (κ1) is 16.3. The predicted molar refractivity (Wildman–Crippen MR) is 102 cm³/mol. The zero-order valence-corrected chi connectivity index (χ0v) is 14.8. The molecule has 1 unspecified atom stereocenters. The van der Waals surface area contributed by atoms with E-state index in [0.717, 1.165) is 11.3 Å². The molecular weight excluding hydrogens is 324 g/mol. The Kier molecular flexibility index (Phi) is 4.17. The lowest BCUT2D eigenvalue weighted by molar-refractivity contribution is 0.0969. The van der Waals surface area contributed by atoms with Crippen molar-refractivity contribution < 1.29 is 9.53 Å². The van der Waals surface area contributed by atoms with Gasteiger partial charge in [-0.3, -0.25) is 4.79 Å². The summed E-state index contributed by atoms with van der Waals surface area (Å²) < 4.78 is 7.47. The predicted octanol–water partition coefficient (Wildman–Crippen LogP) is 4.65. The number of carbonyl (C=O) groups is 1. The van der Waals surface area contributed by atoms with Crippen molar-refractivity contribution in [2.75, 3.05) is 7.11 Å². The van der Waals surface area contributed by atoms with Crippen LogP contribution < -0.4 is 4.74 Å². The Morgan fingerprint density at radius 3 is 2.62 bits per heavy atom. The molecule has 1 aliphatic heterocycles. The molecule has 0 saturated carbocycles. The first-order valence-corrected chi connectivity index (χ1v) is 8.65. The monoisotopic (exact) mass is 344 g/mol. The standard InChI is InChI=1S/C22H20N2O2/c1-15-19-13-23-14-24(19)18(22(15)16-8-4-3-5-9-16)12-20(25)17-10-6-7-11-21(17)26-2/h3-11,13-14,18H,12H2,1-2H3. The molecule has 0 spiro atoms. The average molecular weight is 344 g/mol. The molecule has 4 rings (SSSR count). The second kappa shape index (κ2) is 6.64. The molecule has 0 saturated heterocycles. The zero-order chi connectivity index (χ0) is 18.1. The maximum Gasteiger partial charge on any atom is 0.169 e. The maximum absolute atomic E-state index is 13.1. The largest absolute Gasteiger partial charge is 0.496 e. The number of ether oxygens (including phenoxy) is 1. The van der Waals surface area contributed by atoms with Crippen LogP contribution in [0.15, 0.2) is 67.1 Å². The summed E-state index contributed by atoms with van der Waals surface area (Å²) >= 11 is 0. The van der Waals surface area contributed by atoms with Gasteiger partial charge in [0.2, 0.25) is 0 Å². The molecule has 3 aromatic rings. The van der Waals surface area contributed by atoms with E-state index >= 15 is 0 Å². The number of rotatable bonds is 5. The second-order valence-corrected chi connectivity index (χ2v) is 6.43. The molecule has 26 heavy (non-hydrogen) atoms. The Hall–Kier alpha value is -3.14. The van der Waals surface area contributed by atoms with E-state index in [4.69, 9.17) is 4.74 Å². The Labute approximate surface area is 152 Å². The number of allylic oxidation sites excluding steroid dienone is 2. The van der Waals surface area contributed by atoms with Crippen molar-refractivity contribution in [2.24, 2.45) is 0 Å². The molecule has 0 N–H and O–H groups in total. The van der Waals surface area contributed by atoms with Crippen LogP contribution >= 0.6 is 0 Å². The van der Waals surface area contributed by atoms with Crippen LogP contribution in [0.1, 0.15) is 41.0 Å². The summed E-state index contributed by atoms with van der Waals surface area (Å²) in [5.74, 6) is 0.679. The van der Waals surface area contributed by atoms with Gasteiger partial charge in [0.15, 0.2) is 5.78 Å². The van der Waals surface area contributed by atoms with Crippen LogP contribution in [0.25, 0.3) is 11.1 Å². The number of ketones is 1. The summed E-state index contributed by atoms with van der Waals surface area (Å²) in [6.07, 6.45) is 4.05. The number of imidazole rings is 1. The summed E-state index contributed by atoms with van der Waals surface area (Å²) in [6, 6.07) is 17.6.